The number of aryl methyl sites for hydroxylation is 1. The first-order chi connectivity index (χ1) is 11.6. The van der Waals surface area contributed by atoms with Gasteiger partial charge in [-0.3, -0.25) is 4.79 Å². The smallest absolute Gasteiger partial charge is 0.277 e. The number of thioether (sulfide) groups is 1. The fourth-order valence-electron chi connectivity index (χ4n) is 2.92. The molecule has 1 fully saturated rings. The highest BCUT2D eigenvalue weighted by molar-refractivity contribution is 7.99. The van der Waals surface area contributed by atoms with Crippen molar-refractivity contribution in [3.05, 3.63) is 22.0 Å². The summed E-state index contributed by atoms with van der Waals surface area (Å²) in [7, 11) is 0. The summed E-state index contributed by atoms with van der Waals surface area (Å²) in [5, 5.41) is 14.6. The van der Waals surface area contributed by atoms with Gasteiger partial charge in [-0.2, -0.15) is 0 Å². The molecule has 0 radical (unpaired) electrons. The average molecular weight is 367 g/mol. The van der Waals surface area contributed by atoms with Crippen LogP contribution in [0.4, 0.5) is 0 Å². The van der Waals surface area contributed by atoms with Crippen LogP contribution in [0.2, 0.25) is 0 Å². The zero-order valence-electron chi connectivity index (χ0n) is 13.9. The summed E-state index contributed by atoms with van der Waals surface area (Å²) in [5.41, 5.74) is 0.932. The number of nitrogens with zero attached hydrogens (tertiary/aromatic N) is 3. The fourth-order valence-corrected chi connectivity index (χ4v) is 4.12. The molecular weight excluding hydrogens is 344 g/mol. The zero-order valence-corrected chi connectivity index (χ0v) is 15.6. The van der Waals surface area contributed by atoms with E-state index in [4.69, 9.17) is 4.42 Å². The van der Waals surface area contributed by atoms with E-state index in [0.717, 1.165) is 17.1 Å². The first-order valence-electron chi connectivity index (χ1n) is 8.25. The Morgan fingerprint density at radius 3 is 3.00 bits per heavy atom. The number of aromatic nitrogens is 3. The van der Waals surface area contributed by atoms with Crippen LogP contribution < -0.4 is 5.32 Å². The van der Waals surface area contributed by atoms with Crippen molar-refractivity contribution >= 4 is 29.0 Å². The lowest BCUT2D eigenvalue weighted by molar-refractivity contribution is -0.119. The van der Waals surface area contributed by atoms with Gasteiger partial charge < -0.3 is 9.73 Å². The number of carbonyl (C=O) groups excluding carboxylic acids is 1. The molecule has 0 saturated heterocycles. The van der Waals surface area contributed by atoms with Crippen molar-refractivity contribution in [2.75, 3.05) is 5.75 Å². The summed E-state index contributed by atoms with van der Waals surface area (Å²) in [6.45, 7) is 4.18. The van der Waals surface area contributed by atoms with Crippen LogP contribution in [0, 0.1) is 12.8 Å². The summed E-state index contributed by atoms with van der Waals surface area (Å²) in [6, 6.07) is 0.304. The molecule has 24 heavy (non-hydrogen) atoms. The number of hydrogen-bond donors (Lipinski definition) is 1. The number of amides is 1. The van der Waals surface area contributed by atoms with Gasteiger partial charge in [0.25, 0.3) is 5.22 Å². The summed E-state index contributed by atoms with van der Waals surface area (Å²) >= 11 is 2.89. The summed E-state index contributed by atoms with van der Waals surface area (Å²) < 4.78 is 5.58. The maximum absolute atomic E-state index is 12.1. The highest BCUT2D eigenvalue weighted by Crippen LogP contribution is 2.24. The first kappa shape index (κ1) is 17.4. The third-order valence-electron chi connectivity index (χ3n) is 4.23. The molecular formula is C16H22N4O2S2. The van der Waals surface area contributed by atoms with Gasteiger partial charge in [0.1, 0.15) is 0 Å². The molecule has 0 bridgehead atoms. The van der Waals surface area contributed by atoms with Gasteiger partial charge in [0.05, 0.1) is 22.9 Å². The minimum absolute atomic E-state index is 0.0358. The van der Waals surface area contributed by atoms with Crippen LogP contribution in [-0.4, -0.2) is 32.9 Å². The molecule has 0 aromatic carbocycles. The van der Waals surface area contributed by atoms with E-state index in [9.17, 15) is 4.79 Å². The van der Waals surface area contributed by atoms with Crippen LogP contribution in [0.1, 0.15) is 49.2 Å². The SMILES string of the molecule is Cc1nc(Cc2nnc(SCC(=O)N[C@H]3CCCC[C@H]3C)o2)cs1. The Balaban J connectivity index is 1.45. The largest absolute Gasteiger partial charge is 0.416 e. The molecule has 1 saturated carbocycles. The minimum Gasteiger partial charge on any atom is -0.416 e. The van der Waals surface area contributed by atoms with Crippen molar-refractivity contribution in [3.63, 3.8) is 0 Å². The Morgan fingerprint density at radius 1 is 1.42 bits per heavy atom. The molecule has 3 rings (SSSR count). The van der Waals surface area contributed by atoms with Gasteiger partial charge in [0, 0.05) is 11.4 Å². The van der Waals surface area contributed by atoms with Crippen molar-refractivity contribution in [1.29, 1.82) is 0 Å². The zero-order chi connectivity index (χ0) is 16.9. The van der Waals surface area contributed by atoms with E-state index in [1.165, 1.54) is 31.0 Å². The van der Waals surface area contributed by atoms with E-state index in [2.05, 4.69) is 27.4 Å². The van der Waals surface area contributed by atoms with Crippen LogP contribution in [0.25, 0.3) is 0 Å². The van der Waals surface area contributed by atoms with Crippen LogP contribution in [0.5, 0.6) is 0 Å². The Kier molecular flexibility index (Phi) is 5.89. The molecule has 2 atom stereocenters. The Bertz CT molecular complexity index is 685. The standard InChI is InChI=1S/C16H22N4O2S2/c1-10-5-3-4-6-13(10)18-14(21)9-24-16-20-19-15(22-16)7-12-8-23-11(2)17-12/h8,10,13H,3-7,9H2,1-2H3,(H,18,21)/t10-,13+/m1/s1. The third kappa shape index (κ3) is 4.80. The molecule has 0 spiro atoms. The van der Waals surface area contributed by atoms with Gasteiger partial charge in [-0.05, 0) is 25.7 Å². The van der Waals surface area contributed by atoms with Gasteiger partial charge in [0.15, 0.2) is 0 Å². The maximum Gasteiger partial charge on any atom is 0.277 e. The Morgan fingerprint density at radius 2 is 2.25 bits per heavy atom. The molecule has 130 valence electrons. The molecule has 0 aliphatic heterocycles. The van der Waals surface area contributed by atoms with Crippen LogP contribution in [0.15, 0.2) is 15.0 Å². The maximum atomic E-state index is 12.1. The van der Waals surface area contributed by atoms with E-state index in [0.29, 0.717) is 35.2 Å². The van der Waals surface area contributed by atoms with Gasteiger partial charge in [-0.25, -0.2) is 4.98 Å². The lowest BCUT2D eigenvalue weighted by atomic mass is 9.86. The normalized spacial score (nSPS) is 20.9. The van der Waals surface area contributed by atoms with Gasteiger partial charge in [-0.15, -0.1) is 21.5 Å². The summed E-state index contributed by atoms with van der Waals surface area (Å²) in [5.74, 6) is 1.43. The Labute approximate surface area is 149 Å². The van der Waals surface area contributed by atoms with E-state index >= 15 is 0 Å². The predicted molar refractivity (Wildman–Crippen MR) is 94.2 cm³/mol. The highest BCUT2D eigenvalue weighted by Gasteiger charge is 2.23. The lowest BCUT2D eigenvalue weighted by Gasteiger charge is -2.29. The van der Waals surface area contributed by atoms with Gasteiger partial charge in [0.2, 0.25) is 11.8 Å². The number of thiazole rings is 1. The van der Waals surface area contributed by atoms with Crippen LogP contribution >= 0.6 is 23.1 Å². The van der Waals surface area contributed by atoms with Crippen molar-refractivity contribution in [3.8, 4) is 0 Å². The summed E-state index contributed by atoms with van der Waals surface area (Å²) in [6.07, 6.45) is 5.28. The molecule has 1 aliphatic carbocycles. The first-order valence-corrected chi connectivity index (χ1v) is 10.1. The predicted octanol–water partition coefficient (Wildman–Crippen LogP) is 3.21. The number of nitrogens with one attached hydrogen (secondary N) is 1. The Hall–Kier alpha value is -1.41. The molecule has 8 heteroatoms. The second-order valence-corrected chi connectivity index (χ2v) is 8.21. The molecule has 1 amide bonds. The average Bonchev–Trinajstić information content (AvgIpc) is 3.17. The fraction of sp³-hybridized carbons (Fsp3) is 0.625. The second kappa shape index (κ2) is 8.11. The molecule has 1 N–H and O–H groups in total. The lowest BCUT2D eigenvalue weighted by Crippen LogP contribution is -2.41. The minimum atomic E-state index is 0.0358. The molecule has 1 aliphatic rings. The molecule has 2 aromatic heterocycles. The van der Waals surface area contributed by atoms with Gasteiger partial charge >= 0.3 is 0 Å². The number of carbonyl (C=O) groups is 1. The van der Waals surface area contributed by atoms with Crippen LogP contribution in [0.3, 0.4) is 0 Å². The number of rotatable bonds is 6. The van der Waals surface area contributed by atoms with Crippen molar-refractivity contribution in [1.82, 2.24) is 20.5 Å². The molecule has 2 aromatic rings. The highest BCUT2D eigenvalue weighted by atomic mass is 32.2. The van der Waals surface area contributed by atoms with E-state index in [-0.39, 0.29) is 5.91 Å². The molecule has 6 nitrogen and oxygen atoms in total. The topological polar surface area (TPSA) is 80.9 Å². The second-order valence-electron chi connectivity index (χ2n) is 6.22. The van der Waals surface area contributed by atoms with Crippen molar-refractivity contribution < 1.29 is 9.21 Å². The van der Waals surface area contributed by atoms with Gasteiger partial charge in [-0.1, -0.05) is 31.5 Å². The van der Waals surface area contributed by atoms with Crippen LogP contribution in [-0.2, 0) is 11.2 Å². The molecule has 0 unspecified atom stereocenters. The third-order valence-corrected chi connectivity index (χ3v) is 5.87. The van der Waals surface area contributed by atoms with Crippen molar-refractivity contribution in [2.45, 2.75) is 57.2 Å². The van der Waals surface area contributed by atoms with Crippen molar-refractivity contribution in [2.24, 2.45) is 5.92 Å². The number of hydrogen-bond acceptors (Lipinski definition) is 7. The van der Waals surface area contributed by atoms with E-state index in [1.807, 2.05) is 12.3 Å². The monoisotopic (exact) mass is 366 g/mol. The quantitative estimate of drug-likeness (QED) is 0.791. The van der Waals surface area contributed by atoms with E-state index in [1.54, 1.807) is 11.3 Å². The molecule has 2 heterocycles. The summed E-state index contributed by atoms with van der Waals surface area (Å²) in [4.78, 5) is 16.5. The van der Waals surface area contributed by atoms with E-state index < -0.39 is 0 Å².